The van der Waals surface area contributed by atoms with E-state index < -0.39 is 10.0 Å². The molecule has 0 aromatic heterocycles. The summed E-state index contributed by atoms with van der Waals surface area (Å²) in [4.78, 5) is 12.7. The molecule has 0 heterocycles. The van der Waals surface area contributed by atoms with Crippen LogP contribution in [0.25, 0.3) is 11.1 Å². The number of hydrogen-bond acceptors (Lipinski definition) is 3. The zero-order valence-electron chi connectivity index (χ0n) is 19.2. The summed E-state index contributed by atoms with van der Waals surface area (Å²) in [6, 6.07) is 23.5. The number of hydrogen-bond donors (Lipinski definition) is 2. The first-order chi connectivity index (χ1) is 16.5. The van der Waals surface area contributed by atoms with Gasteiger partial charge in [0.25, 0.3) is 5.91 Å². The van der Waals surface area contributed by atoms with Crippen molar-refractivity contribution >= 4 is 15.9 Å². The highest BCUT2D eigenvalue weighted by Gasteiger charge is 2.14. The zero-order valence-corrected chi connectivity index (χ0v) is 20.0. The molecule has 34 heavy (non-hydrogen) atoms. The number of nitrogens with one attached hydrogen (secondary N) is 2. The first kappa shape index (κ1) is 23.9. The maximum atomic E-state index is 12.6. The van der Waals surface area contributed by atoms with Crippen LogP contribution in [0.5, 0.6) is 0 Å². The molecule has 2 N–H and O–H groups in total. The van der Waals surface area contributed by atoms with Crippen molar-refractivity contribution in [1.82, 2.24) is 10.0 Å². The monoisotopic (exact) mass is 474 g/mol. The number of carbonyl (C=O) groups excluding carboxylic acids is 1. The van der Waals surface area contributed by atoms with Crippen LogP contribution in [0.15, 0.2) is 95.4 Å². The molecule has 3 aromatic rings. The minimum absolute atomic E-state index is 0.0751. The van der Waals surface area contributed by atoms with Crippen molar-refractivity contribution in [2.45, 2.75) is 43.5 Å². The molecule has 1 aliphatic carbocycles. The SMILES string of the molecule is O=C(NCCC1=CCCCC1)c1ccc(-c2ccc(S(=O)(=O)NCc3ccccc3)cc2)cc1. The van der Waals surface area contributed by atoms with Gasteiger partial charge in [-0.25, -0.2) is 13.1 Å². The van der Waals surface area contributed by atoms with Crippen LogP contribution in [0.4, 0.5) is 0 Å². The van der Waals surface area contributed by atoms with Gasteiger partial charge >= 0.3 is 0 Å². The highest BCUT2D eigenvalue weighted by atomic mass is 32.2. The fraction of sp³-hybridized carbons (Fsp3) is 0.250. The largest absolute Gasteiger partial charge is 0.352 e. The van der Waals surface area contributed by atoms with E-state index in [0.29, 0.717) is 12.1 Å². The van der Waals surface area contributed by atoms with Gasteiger partial charge in [-0.3, -0.25) is 4.79 Å². The van der Waals surface area contributed by atoms with Crippen LogP contribution in [-0.4, -0.2) is 20.9 Å². The van der Waals surface area contributed by atoms with Crippen LogP contribution in [-0.2, 0) is 16.6 Å². The van der Waals surface area contributed by atoms with Crippen LogP contribution >= 0.6 is 0 Å². The predicted molar refractivity (Wildman–Crippen MR) is 136 cm³/mol. The van der Waals surface area contributed by atoms with E-state index in [9.17, 15) is 13.2 Å². The molecule has 5 nitrogen and oxygen atoms in total. The Morgan fingerprint density at radius 2 is 1.50 bits per heavy atom. The van der Waals surface area contributed by atoms with Gasteiger partial charge in [-0.15, -0.1) is 0 Å². The minimum atomic E-state index is -3.60. The third-order valence-electron chi connectivity index (χ3n) is 6.07. The summed E-state index contributed by atoms with van der Waals surface area (Å²) in [5.74, 6) is -0.0751. The molecule has 0 saturated carbocycles. The average Bonchev–Trinajstić information content (AvgIpc) is 2.89. The van der Waals surface area contributed by atoms with E-state index in [1.54, 1.807) is 36.4 Å². The quantitative estimate of drug-likeness (QED) is 0.405. The Kier molecular flexibility index (Phi) is 7.93. The molecule has 1 amide bonds. The molecule has 0 atom stereocenters. The van der Waals surface area contributed by atoms with Crippen LogP contribution in [0.3, 0.4) is 0 Å². The first-order valence-electron chi connectivity index (χ1n) is 11.7. The topological polar surface area (TPSA) is 75.3 Å². The van der Waals surface area contributed by atoms with Gasteiger partial charge in [-0.2, -0.15) is 0 Å². The summed E-state index contributed by atoms with van der Waals surface area (Å²) in [6.45, 7) is 0.896. The molecule has 0 spiro atoms. The molecule has 0 unspecified atom stereocenters. The Morgan fingerprint density at radius 3 is 2.15 bits per heavy atom. The second-order valence-corrected chi connectivity index (χ2v) is 10.3. The lowest BCUT2D eigenvalue weighted by Gasteiger charge is -2.13. The Bertz CT molecular complexity index is 1230. The fourth-order valence-corrected chi connectivity index (χ4v) is 5.09. The normalized spacial score (nSPS) is 13.8. The fourth-order valence-electron chi connectivity index (χ4n) is 4.07. The van der Waals surface area contributed by atoms with Gasteiger partial charge in [0.15, 0.2) is 0 Å². The molecule has 1 aliphatic rings. The van der Waals surface area contributed by atoms with E-state index in [1.807, 2.05) is 42.5 Å². The van der Waals surface area contributed by atoms with Crippen molar-refractivity contribution in [3.8, 4) is 11.1 Å². The number of benzene rings is 3. The molecule has 4 rings (SSSR count). The summed E-state index contributed by atoms with van der Waals surface area (Å²) < 4.78 is 27.8. The second-order valence-electron chi connectivity index (χ2n) is 8.53. The number of carbonyl (C=O) groups is 1. The average molecular weight is 475 g/mol. The Labute approximate surface area is 202 Å². The summed E-state index contributed by atoms with van der Waals surface area (Å²) >= 11 is 0. The summed E-state index contributed by atoms with van der Waals surface area (Å²) in [5.41, 5.74) is 4.77. The number of rotatable bonds is 9. The van der Waals surface area contributed by atoms with Gasteiger partial charge in [-0.1, -0.05) is 66.2 Å². The summed E-state index contributed by atoms with van der Waals surface area (Å²) in [5, 5.41) is 3.00. The van der Waals surface area contributed by atoms with Crippen LogP contribution in [0, 0.1) is 0 Å². The zero-order chi connectivity index (χ0) is 23.8. The maximum Gasteiger partial charge on any atom is 0.251 e. The van der Waals surface area contributed by atoms with Gasteiger partial charge in [0.05, 0.1) is 4.90 Å². The molecule has 0 saturated heterocycles. The first-order valence-corrected chi connectivity index (χ1v) is 13.2. The van der Waals surface area contributed by atoms with Crippen LogP contribution in [0.1, 0.15) is 48.0 Å². The Hall–Kier alpha value is -3.22. The molecular formula is C28H30N2O3S. The third kappa shape index (κ3) is 6.43. The molecule has 176 valence electrons. The lowest BCUT2D eigenvalue weighted by atomic mass is 9.97. The minimum Gasteiger partial charge on any atom is -0.352 e. The number of sulfonamides is 1. The van der Waals surface area contributed by atoms with E-state index in [0.717, 1.165) is 36.0 Å². The standard InChI is InChI=1S/C28H30N2O3S/c31-28(29-20-19-22-7-3-1-4-8-22)26-13-11-24(12-14-26)25-15-17-27(18-16-25)34(32,33)30-21-23-9-5-2-6-10-23/h2,5-7,9-18,30H,1,3-4,8,19-21H2,(H,29,31). The van der Waals surface area contributed by atoms with Gasteiger partial charge < -0.3 is 5.32 Å². The molecule has 3 aromatic carbocycles. The van der Waals surface area contributed by atoms with Gasteiger partial charge in [0, 0.05) is 18.7 Å². The van der Waals surface area contributed by atoms with Crippen molar-refractivity contribution < 1.29 is 13.2 Å². The van der Waals surface area contributed by atoms with Crippen molar-refractivity contribution in [2.75, 3.05) is 6.54 Å². The third-order valence-corrected chi connectivity index (χ3v) is 7.49. The molecular weight excluding hydrogens is 444 g/mol. The van der Waals surface area contributed by atoms with Gasteiger partial charge in [0.1, 0.15) is 0 Å². The second kappa shape index (κ2) is 11.3. The van der Waals surface area contributed by atoms with Crippen LogP contribution in [0.2, 0.25) is 0 Å². The smallest absolute Gasteiger partial charge is 0.251 e. The van der Waals surface area contributed by atoms with E-state index in [-0.39, 0.29) is 17.3 Å². The van der Waals surface area contributed by atoms with Gasteiger partial charge in [-0.05, 0) is 73.1 Å². The van der Waals surface area contributed by atoms with Crippen molar-refractivity contribution in [3.05, 3.63) is 102 Å². The van der Waals surface area contributed by atoms with Crippen molar-refractivity contribution in [3.63, 3.8) is 0 Å². The highest BCUT2D eigenvalue weighted by molar-refractivity contribution is 7.89. The van der Waals surface area contributed by atoms with Crippen molar-refractivity contribution in [1.29, 1.82) is 0 Å². The maximum absolute atomic E-state index is 12.6. The molecule has 0 fully saturated rings. The van der Waals surface area contributed by atoms with E-state index >= 15 is 0 Å². The Morgan fingerprint density at radius 1 is 0.824 bits per heavy atom. The molecule has 0 aliphatic heterocycles. The number of amides is 1. The number of allylic oxidation sites excluding steroid dienone is 1. The van der Waals surface area contributed by atoms with E-state index in [1.165, 1.54) is 18.4 Å². The molecule has 6 heteroatoms. The van der Waals surface area contributed by atoms with Gasteiger partial charge in [0.2, 0.25) is 10.0 Å². The van der Waals surface area contributed by atoms with Crippen LogP contribution < -0.4 is 10.0 Å². The lowest BCUT2D eigenvalue weighted by molar-refractivity contribution is 0.0954. The molecule has 0 bridgehead atoms. The Balaban J connectivity index is 1.33. The summed E-state index contributed by atoms with van der Waals surface area (Å²) in [7, 11) is -3.60. The van der Waals surface area contributed by atoms with E-state index in [2.05, 4.69) is 16.1 Å². The highest BCUT2D eigenvalue weighted by Crippen LogP contribution is 2.22. The molecule has 0 radical (unpaired) electrons. The predicted octanol–water partition coefficient (Wildman–Crippen LogP) is 5.45. The lowest BCUT2D eigenvalue weighted by Crippen LogP contribution is -2.24. The van der Waals surface area contributed by atoms with E-state index in [4.69, 9.17) is 0 Å². The van der Waals surface area contributed by atoms with Crippen molar-refractivity contribution in [2.24, 2.45) is 0 Å². The summed E-state index contributed by atoms with van der Waals surface area (Å²) in [6.07, 6.45) is 8.04.